The number of aryl methyl sites for hydroxylation is 1. The van der Waals surface area contributed by atoms with E-state index in [0.29, 0.717) is 0 Å². The zero-order chi connectivity index (χ0) is 9.35. The molecule has 0 saturated heterocycles. The average Bonchev–Trinajstić information content (AvgIpc) is 2.29. The van der Waals surface area contributed by atoms with Crippen LogP contribution in [0.5, 0.6) is 0 Å². The van der Waals surface area contributed by atoms with Crippen LogP contribution in [0, 0.1) is 18.3 Å². The number of alkyl halides is 3. The van der Waals surface area contributed by atoms with Crippen molar-refractivity contribution in [3.05, 3.63) is 17.5 Å². The fourth-order valence-corrected chi connectivity index (χ4v) is 0.700. The fraction of sp³-hybridized carbons (Fsp3) is 0.333. The molecule has 3 nitrogen and oxygen atoms in total. The summed E-state index contributed by atoms with van der Waals surface area (Å²) in [4.78, 5) is 0. The van der Waals surface area contributed by atoms with Gasteiger partial charge in [0.1, 0.15) is 6.07 Å². The summed E-state index contributed by atoms with van der Waals surface area (Å²) in [5.74, 6) is 0. The monoisotopic (exact) mass is 175 g/mol. The number of halogens is 3. The first kappa shape index (κ1) is 8.59. The van der Waals surface area contributed by atoms with Crippen LogP contribution in [0.15, 0.2) is 6.20 Å². The first-order valence-corrected chi connectivity index (χ1v) is 2.98. The molecule has 0 unspecified atom stereocenters. The normalized spacial score (nSPS) is 11.2. The molecule has 0 bridgehead atoms. The molecule has 1 aromatic rings. The summed E-state index contributed by atoms with van der Waals surface area (Å²) in [6.07, 6.45) is -3.77. The number of nitriles is 1. The van der Waals surface area contributed by atoms with Crippen LogP contribution in [0.3, 0.4) is 0 Å². The van der Waals surface area contributed by atoms with E-state index in [1.165, 1.54) is 6.92 Å². The van der Waals surface area contributed by atoms with Crippen LogP contribution < -0.4 is 0 Å². The fourth-order valence-electron chi connectivity index (χ4n) is 0.700. The summed E-state index contributed by atoms with van der Waals surface area (Å²) in [5, 5.41) is 11.3. The first-order chi connectivity index (χ1) is 5.45. The minimum absolute atomic E-state index is 0.180. The second kappa shape index (κ2) is 2.52. The van der Waals surface area contributed by atoms with Crippen molar-refractivity contribution >= 4 is 0 Å². The number of hydrogen-bond donors (Lipinski definition) is 0. The van der Waals surface area contributed by atoms with Crippen molar-refractivity contribution in [2.24, 2.45) is 0 Å². The lowest BCUT2D eigenvalue weighted by Gasteiger charge is -2.03. The van der Waals surface area contributed by atoms with Crippen molar-refractivity contribution in [2.45, 2.75) is 13.2 Å². The Bertz CT molecular complexity index is 331. The standard InChI is InChI=1S/C6H4F3N3/c1-4-3-12(6(7,8)9)11-5(4)2-10/h3H,1H3. The molecule has 0 aliphatic heterocycles. The summed E-state index contributed by atoms with van der Waals surface area (Å²) in [6.45, 7) is 1.40. The van der Waals surface area contributed by atoms with E-state index in [4.69, 9.17) is 5.26 Å². The van der Waals surface area contributed by atoms with Gasteiger partial charge in [-0.3, -0.25) is 0 Å². The zero-order valence-corrected chi connectivity index (χ0v) is 6.05. The van der Waals surface area contributed by atoms with Gasteiger partial charge in [-0.1, -0.05) is 0 Å². The Morgan fingerprint density at radius 2 is 2.17 bits per heavy atom. The molecule has 1 heterocycles. The molecule has 0 spiro atoms. The molecule has 1 aromatic heterocycles. The van der Waals surface area contributed by atoms with Crippen LogP contribution in [0.1, 0.15) is 11.3 Å². The summed E-state index contributed by atoms with van der Waals surface area (Å²) >= 11 is 0. The van der Waals surface area contributed by atoms with E-state index < -0.39 is 6.30 Å². The van der Waals surface area contributed by atoms with Gasteiger partial charge in [-0.05, 0) is 6.92 Å². The maximum absolute atomic E-state index is 11.9. The lowest BCUT2D eigenvalue weighted by Crippen LogP contribution is -2.17. The highest BCUT2D eigenvalue weighted by molar-refractivity contribution is 5.27. The van der Waals surface area contributed by atoms with Crippen LogP contribution in [0.4, 0.5) is 13.2 Å². The highest BCUT2D eigenvalue weighted by Crippen LogP contribution is 2.22. The number of nitrogens with zero attached hydrogens (tertiary/aromatic N) is 3. The van der Waals surface area contributed by atoms with Gasteiger partial charge in [0.15, 0.2) is 5.69 Å². The third-order valence-corrected chi connectivity index (χ3v) is 1.26. The maximum atomic E-state index is 11.9. The Balaban J connectivity index is 3.16. The topological polar surface area (TPSA) is 41.6 Å². The number of aromatic nitrogens is 2. The first-order valence-electron chi connectivity index (χ1n) is 2.98. The quantitative estimate of drug-likeness (QED) is 0.600. The van der Waals surface area contributed by atoms with Crippen LogP contribution in [0.2, 0.25) is 0 Å². The molecule has 0 fully saturated rings. The van der Waals surface area contributed by atoms with Gasteiger partial charge in [0.2, 0.25) is 0 Å². The SMILES string of the molecule is Cc1cn(C(F)(F)F)nc1C#N. The van der Waals surface area contributed by atoms with E-state index >= 15 is 0 Å². The minimum Gasteiger partial charge on any atom is -0.191 e. The van der Waals surface area contributed by atoms with Gasteiger partial charge in [0.05, 0.1) is 0 Å². The van der Waals surface area contributed by atoms with Gasteiger partial charge >= 0.3 is 6.30 Å². The number of rotatable bonds is 0. The lowest BCUT2D eigenvalue weighted by atomic mass is 10.3. The number of hydrogen-bond acceptors (Lipinski definition) is 2. The van der Waals surface area contributed by atoms with E-state index in [2.05, 4.69) is 5.10 Å². The van der Waals surface area contributed by atoms with Gasteiger partial charge in [-0.2, -0.15) is 15.0 Å². The Labute approximate surface area is 66.0 Å². The van der Waals surface area contributed by atoms with Crippen molar-refractivity contribution < 1.29 is 13.2 Å². The largest absolute Gasteiger partial charge is 0.504 e. The smallest absolute Gasteiger partial charge is 0.191 e. The van der Waals surface area contributed by atoms with Crippen molar-refractivity contribution in [3.8, 4) is 6.07 Å². The highest BCUT2D eigenvalue weighted by atomic mass is 19.4. The predicted molar refractivity (Wildman–Crippen MR) is 33.0 cm³/mol. The van der Waals surface area contributed by atoms with Crippen LogP contribution in [-0.4, -0.2) is 9.78 Å². The molecular formula is C6H4F3N3. The molecule has 0 aliphatic rings. The van der Waals surface area contributed by atoms with Gasteiger partial charge in [0, 0.05) is 11.8 Å². The Kier molecular flexibility index (Phi) is 1.80. The molecule has 0 atom stereocenters. The summed E-state index contributed by atoms with van der Waals surface area (Å²) in [6, 6.07) is 1.56. The zero-order valence-electron chi connectivity index (χ0n) is 6.05. The van der Waals surface area contributed by atoms with Crippen molar-refractivity contribution in [1.82, 2.24) is 9.78 Å². The third-order valence-electron chi connectivity index (χ3n) is 1.26. The molecule has 12 heavy (non-hydrogen) atoms. The van der Waals surface area contributed by atoms with E-state index in [-0.39, 0.29) is 15.9 Å². The Hall–Kier alpha value is -1.51. The second-order valence-corrected chi connectivity index (χ2v) is 2.18. The summed E-state index contributed by atoms with van der Waals surface area (Å²) < 4.78 is 35.5. The van der Waals surface area contributed by atoms with Gasteiger partial charge < -0.3 is 0 Å². The average molecular weight is 175 g/mol. The van der Waals surface area contributed by atoms with Crippen LogP contribution in [0.25, 0.3) is 0 Å². The molecule has 6 heteroatoms. The molecule has 64 valence electrons. The second-order valence-electron chi connectivity index (χ2n) is 2.18. The van der Waals surface area contributed by atoms with Crippen molar-refractivity contribution in [1.29, 1.82) is 5.26 Å². The molecule has 0 N–H and O–H groups in total. The van der Waals surface area contributed by atoms with Crippen molar-refractivity contribution in [3.63, 3.8) is 0 Å². The predicted octanol–water partition coefficient (Wildman–Crippen LogP) is 1.54. The van der Waals surface area contributed by atoms with Gasteiger partial charge in [-0.15, -0.1) is 13.2 Å². The maximum Gasteiger partial charge on any atom is 0.504 e. The molecule has 0 amide bonds. The molecular weight excluding hydrogens is 171 g/mol. The van der Waals surface area contributed by atoms with Crippen LogP contribution in [-0.2, 0) is 6.30 Å². The minimum atomic E-state index is -4.54. The van der Waals surface area contributed by atoms with Crippen LogP contribution >= 0.6 is 0 Å². The van der Waals surface area contributed by atoms with Gasteiger partial charge in [0.25, 0.3) is 0 Å². The summed E-state index contributed by atoms with van der Waals surface area (Å²) in [5.41, 5.74) is 0.0159. The van der Waals surface area contributed by atoms with Gasteiger partial charge in [-0.25, -0.2) is 0 Å². The van der Waals surface area contributed by atoms with E-state index in [9.17, 15) is 13.2 Å². The molecule has 1 rings (SSSR count). The van der Waals surface area contributed by atoms with E-state index in [0.717, 1.165) is 6.20 Å². The van der Waals surface area contributed by atoms with E-state index in [1.54, 1.807) is 6.07 Å². The third kappa shape index (κ3) is 1.39. The highest BCUT2D eigenvalue weighted by Gasteiger charge is 2.32. The molecule has 0 aliphatic carbocycles. The Morgan fingerprint density at radius 3 is 2.42 bits per heavy atom. The lowest BCUT2D eigenvalue weighted by molar-refractivity contribution is -0.212. The van der Waals surface area contributed by atoms with Crippen molar-refractivity contribution in [2.75, 3.05) is 0 Å². The summed E-state index contributed by atoms with van der Waals surface area (Å²) in [7, 11) is 0. The molecule has 0 radical (unpaired) electrons. The Morgan fingerprint density at radius 1 is 1.58 bits per heavy atom. The van der Waals surface area contributed by atoms with E-state index in [1.807, 2.05) is 0 Å². The molecule has 0 saturated carbocycles. The molecule has 0 aromatic carbocycles.